The number of ether oxygens (including phenoxy) is 2. The van der Waals surface area contributed by atoms with Crippen LogP contribution in [0.5, 0.6) is 5.75 Å². The van der Waals surface area contributed by atoms with Crippen molar-refractivity contribution in [2.45, 2.75) is 25.0 Å². The van der Waals surface area contributed by atoms with E-state index < -0.39 is 17.9 Å². The average molecular weight is 319 g/mol. The van der Waals surface area contributed by atoms with Crippen molar-refractivity contribution in [2.24, 2.45) is 0 Å². The molecule has 1 aliphatic rings. The number of hydrogen-bond donors (Lipinski definition) is 1. The lowest BCUT2D eigenvalue weighted by atomic mass is 9.92. The van der Waals surface area contributed by atoms with E-state index in [2.05, 4.69) is 20.7 Å². The summed E-state index contributed by atoms with van der Waals surface area (Å²) in [6.07, 6.45) is 0.420. The van der Waals surface area contributed by atoms with Gasteiger partial charge in [-0.05, 0) is 40.9 Å². The van der Waals surface area contributed by atoms with Gasteiger partial charge in [0.1, 0.15) is 6.10 Å². The van der Waals surface area contributed by atoms with Crippen LogP contribution in [-0.2, 0) is 4.74 Å². The second-order valence-corrected chi connectivity index (χ2v) is 4.82. The van der Waals surface area contributed by atoms with Crippen LogP contribution in [0.15, 0.2) is 16.6 Å². The number of aliphatic hydroxyl groups excluding tert-OH is 1. The van der Waals surface area contributed by atoms with Gasteiger partial charge >= 0.3 is 5.97 Å². The molecule has 1 fully saturated rings. The fraction of sp³-hybridized carbons (Fsp3) is 0.417. The molecule has 1 saturated carbocycles. The predicted molar refractivity (Wildman–Crippen MR) is 65.1 cm³/mol. The number of benzene rings is 1. The van der Waals surface area contributed by atoms with Gasteiger partial charge in [-0.1, -0.05) is 0 Å². The molecule has 0 radical (unpaired) electrons. The molecule has 0 amide bonds. The molecule has 0 unspecified atom stereocenters. The van der Waals surface area contributed by atoms with Crippen molar-refractivity contribution >= 4 is 21.9 Å². The monoisotopic (exact) mass is 318 g/mol. The summed E-state index contributed by atoms with van der Waals surface area (Å²) in [5.41, 5.74) is 0.0940. The van der Waals surface area contributed by atoms with E-state index >= 15 is 0 Å². The van der Waals surface area contributed by atoms with Crippen molar-refractivity contribution in [3.8, 4) is 5.75 Å². The molecule has 1 aromatic rings. The molecule has 0 heterocycles. The number of carbonyl (C=O) groups is 1. The molecule has 2 rings (SSSR count). The lowest BCUT2D eigenvalue weighted by Gasteiger charge is -2.32. The van der Waals surface area contributed by atoms with Crippen LogP contribution in [0, 0.1) is 5.82 Å². The van der Waals surface area contributed by atoms with Gasteiger partial charge in [0.25, 0.3) is 0 Å². The fourth-order valence-electron chi connectivity index (χ4n) is 1.64. The Hall–Kier alpha value is -1.14. The maximum absolute atomic E-state index is 13.9. The Bertz CT molecular complexity index is 477. The smallest absolute Gasteiger partial charge is 0.339 e. The summed E-state index contributed by atoms with van der Waals surface area (Å²) in [6, 6.07) is 2.77. The van der Waals surface area contributed by atoms with E-state index in [1.54, 1.807) is 0 Å². The van der Waals surface area contributed by atoms with Crippen molar-refractivity contribution in [3.05, 3.63) is 28.0 Å². The lowest BCUT2D eigenvalue weighted by molar-refractivity contribution is -0.0378. The molecule has 0 saturated heterocycles. The standard InChI is InChI=1S/C12H12BrFO4/c1-17-12(16)6-2-4-9(11(14)10(6)13)18-8-5-3-7(8)15/h2,4,7-8,15H,3,5H2,1H3/t7-,8+/m1/s1. The molecule has 0 spiro atoms. The van der Waals surface area contributed by atoms with Crippen LogP contribution in [0.4, 0.5) is 4.39 Å². The number of aliphatic hydroxyl groups is 1. The second kappa shape index (κ2) is 5.24. The molecule has 18 heavy (non-hydrogen) atoms. The van der Waals surface area contributed by atoms with Crippen molar-refractivity contribution in [3.63, 3.8) is 0 Å². The number of esters is 1. The number of hydrogen-bond acceptors (Lipinski definition) is 4. The Balaban J connectivity index is 2.23. The van der Waals surface area contributed by atoms with Gasteiger partial charge in [0.05, 0.1) is 23.2 Å². The van der Waals surface area contributed by atoms with Crippen LogP contribution in [0.1, 0.15) is 23.2 Å². The first-order chi connectivity index (χ1) is 8.54. The zero-order chi connectivity index (χ0) is 13.3. The van der Waals surface area contributed by atoms with Crippen LogP contribution in [0.25, 0.3) is 0 Å². The topological polar surface area (TPSA) is 55.8 Å². The van der Waals surface area contributed by atoms with Gasteiger partial charge in [-0.2, -0.15) is 0 Å². The van der Waals surface area contributed by atoms with Gasteiger partial charge in [0.15, 0.2) is 11.6 Å². The van der Waals surface area contributed by atoms with Crippen LogP contribution >= 0.6 is 15.9 Å². The Kier molecular flexibility index (Phi) is 3.87. The molecule has 0 aliphatic heterocycles. The van der Waals surface area contributed by atoms with Gasteiger partial charge in [0.2, 0.25) is 0 Å². The molecule has 4 nitrogen and oxygen atoms in total. The van der Waals surface area contributed by atoms with Crippen LogP contribution in [-0.4, -0.2) is 30.4 Å². The largest absolute Gasteiger partial charge is 0.485 e. The summed E-state index contributed by atoms with van der Waals surface area (Å²) in [6.45, 7) is 0. The van der Waals surface area contributed by atoms with Crippen LogP contribution < -0.4 is 4.74 Å². The number of halogens is 2. The molecule has 1 N–H and O–H groups in total. The van der Waals surface area contributed by atoms with Crippen LogP contribution in [0.3, 0.4) is 0 Å². The minimum Gasteiger partial charge on any atom is -0.485 e. The zero-order valence-electron chi connectivity index (χ0n) is 9.65. The van der Waals surface area contributed by atoms with E-state index in [1.165, 1.54) is 19.2 Å². The molecule has 1 aromatic carbocycles. The first kappa shape index (κ1) is 13.3. The van der Waals surface area contributed by atoms with E-state index in [1.807, 2.05) is 0 Å². The second-order valence-electron chi connectivity index (χ2n) is 4.03. The van der Waals surface area contributed by atoms with Gasteiger partial charge in [-0.25, -0.2) is 9.18 Å². The highest BCUT2D eigenvalue weighted by Crippen LogP contribution is 2.32. The minimum atomic E-state index is -0.669. The van der Waals surface area contributed by atoms with Crippen molar-refractivity contribution in [1.82, 2.24) is 0 Å². The summed E-state index contributed by atoms with van der Waals surface area (Å²) >= 11 is 3.00. The molecule has 0 aromatic heterocycles. The van der Waals surface area contributed by atoms with Crippen LogP contribution in [0.2, 0.25) is 0 Å². The van der Waals surface area contributed by atoms with E-state index in [0.717, 1.165) is 0 Å². The number of methoxy groups -OCH3 is 1. The Morgan fingerprint density at radius 1 is 1.50 bits per heavy atom. The first-order valence-electron chi connectivity index (χ1n) is 5.45. The summed E-state index contributed by atoms with van der Waals surface area (Å²) in [7, 11) is 1.22. The van der Waals surface area contributed by atoms with E-state index in [0.29, 0.717) is 12.8 Å². The third kappa shape index (κ3) is 2.35. The zero-order valence-corrected chi connectivity index (χ0v) is 11.2. The lowest BCUT2D eigenvalue weighted by Crippen LogP contribution is -2.41. The number of carbonyl (C=O) groups excluding carboxylic acids is 1. The van der Waals surface area contributed by atoms with Gasteiger partial charge in [-0.3, -0.25) is 0 Å². The molecule has 6 heteroatoms. The highest BCUT2D eigenvalue weighted by molar-refractivity contribution is 9.10. The summed E-state index contributed by atoms with van der Waals surface area (Å²) in [5.74, 6) is -1.29. The highest BCUT2D eigenvalue weighted by Gasteiger charge is 2.32. The fourth-order valence-corrected chi connectivity index (χ4v) is 2.13. The SMILES string of the molecule is COC(=O)c1ccc(O[C@H]2CC[C@H]2O)c(F)c1Br. The number of rotatable bonds is 3. The summed E-state index contributed by atoms with van der Waals surface area (Å²) in [4.78, 5) is 11.3. The van der Waals surface area contributed by atoms with Gasteiger partial charge in [-0.15, -0.1) is 0 Å². The van der Waals surface area contributed by atoms with Gasteiger partial charge < -0.3 is 14.6 Å². The normalized spacial score (nSPS) is 22.2. The van der Waals surface area contributed by atoms with E-state index in [9.17, 15) is 14.3 Å². The van der Waals surface area contributed by atoms with Crippen molar-refractivity contribution < 1.29 is 23.8 Å². The highest BCUT2D eigenvalue weighted by atomic mass is 79.9. The van der Waals surface area contributed by atoms with E-state index in [4.69, 9.17) is 4.74 Å². The Morgan fingerprint density at radius 2 is 2.22 bits per heavy atom. The molecule has 98 valence electrons. The van der Waals surface area contributed by atoms with Crippen molar-refractivity contribution in [1.29, 1.82) is 0 Å². The Morgan fingerprint density at radius 3 is 2.72 bits per heavy atom. The third-order valence-corrected chi connectivity index (χ3v) is 3.68. The Labute approximate surface area is 112 Å². The summed E-state index contributed by atoms with van der Waals surface area (Å²) in [5, 5.41) is 9.38. The molecule has 2 atom stereocenters. The van der Waals surface area contributed by atoms with E-state index in [-0.39, 0.29) is 21.9 Å². The molecular weight excluding hydrogens is 307 g/mol. The van der Waals surface area contributed by atoms with Gasteiger partial charge in [0, 0.05) is 0 Å². The predicted octanol–water partition coefficient (Wildman–Crippen LogP) is 2.28. The molecule has 0 bridgehead atoms. The summed E-state index contributed by atoms with van der Waals surface area (Å²) < 4.78 is 23.8. The minimum absolute atomic E-state index is 0.000614. The third-order valence-electron chi connectivity index (χ3n) is 2.91. The average Bonchev–Trinajstić information content (AvgIpc) is 2.37. The maximum Gasteiger partial charge on any atom is 0.339 e. The van der Waals surface area contributed by atoms with Crippen molar-refractivity contribution in [2.75, 3.05) is 7.11 Å². The maximum atomic E-state index is 13.9. The quantitative estimate of drug-likeness (QED) is 0.869. The molecular formula is C12H12BrFO4. The first-order valence-corrected chi connectivity index (χ1v) is 6.25. The molecule has 1 aliphatic carbocycles.